The lowest BCUT2D eigenvalue weighted by Crippen LogP contribution is -2.13. The summed E-state index contributed by atoms with van der Waals surface area (Å²) in [5.74, 6) is 0.574. The molecule has 0 radical (unpaired) electrons. The van der Waals surface area contributed by atoms with Gasteiger partial charge in [0.2, 0.25) is 0 Å². The highest BCUT2D eigenvalue weighted by molar-refractivity contribution is 7.85. The third-order valence-corrected chi connectivity index (χ3v) is 5.48. The van der Waals surface area contributed by atoms with E-state index in [1.807, 2.05) is 12.1 Å². The molecule has 0 aliphatic carbocycles. The standard InChI is InChI=1S/C23H40O7S/c1-2-3-4-5-6-7-9-22-10-12-23(13-11-22)30-20-19-29-18-17-28-16-15-27-14-8-21-31(24,25)26/h10-13H,2-9,14-21H2,1H3,(H,24,25,26). The maximum Gasteiger partial charge on any atom is 0.264 e. The Bertz CT molecular complexity index is 632. The molecule has 1 N–H and O–H groups in total. The molecule has 0 saturated carbocycles. The Labute approximate surface area is 188 Å². The van der Waals surface area contributed by atoms with E-state index in [1.54, 1.807) is 0 Å². The van der Waals surface area contributed by atoms with Crippen molar-refractivity contribution in [1.82, 2.24) is 0 Å². The lowest BCUT2D eigenvalue weighted by atomic mass is 10.0. The summed E-state index contributed by atoms with van der Waals surface area (Å²) in [5, 5.41) is 0. The number of unbranched alkanes of at least 4 members (excludes halogenated alkanes) is 5. The monoisotopic (exact) mass is 460 g/mol. The van der Waals surface area contributed by atoms with Gasteiger partial charge in [-0.05, 0) is 37.0 Å². The molecule has 1 aromatic rings. The van der Waals surface area contributed by atoms with Gasteiger partial charge in [0.15, 0.2) is 0 Å². The first-order valence-corrected chi connectivity index (χ1v) is 13.0. The molecular formula is C23H40O7S. The lowest BCUT2D eigenvalue weighted by Gasteiger charge is -2.09. The van der Waals surface area contributed by atoms with Gasteiger partial charge in [-0.15, -0.1) is 0 Å². The summed E-state index contributed by atoms with van der Waals surface area (Å²) in [7, 11) is -3.90. The number of ether oxygens (including phenoxy) is 4. The maximum absolute atomic E-state index is 10.5. The van der Waals surface area contributed by atoms with E-state index in [2.05, 4.69) is 19.1 Å². The second kappa shape index (κ2) is 18.4. The fourth-order valence-electron chi connectivity index (χ4n) is 2.97. The molecule has 0 aliphatic heterocycles. The van der Waals surface area contributed by atoms with Gasteiger partial charge in [0.25, 0.3) is 10.1 Å². The summed E-state index contributed by atoms with van der Waals surface area (Å²) in [4.78, 5) is 0. The molecule has 1 aromatic carbocycles. The van der Waals surface area contributed by atoms with Crippen molar-refractivity contribution < 1.29 is 31.9 Å². The predicted molar refractivity (Wildman–Crippen MR) is 123 cm³/mol. The predicted octanol–water partition coefficient (Wildman–Crippen LogP) is 4.30. The van der Waals surface area contributed by atoms with Crippen molar-refractivity contribution in [3.05, 3.63) is 29.8 Å². The van der Waals surface area contributed by atoms with Crippen LogP contribution in [0.2, 0.25) is 0 Å². The SMILES string of the molecule is CCCCCCCCc1ccc(OCCOCCOCCOCCCS(=O)(=O)O)cc1. The van der Waals surface area contributed by atoms with Gasteiger partial charge in [0.05, 0.1) is 38.8 Å². The van der Waals surface area contributed by atoms with Crippen molar-refractivity contribution in [2.24, 2.45) is 0 Å². The highest BCUT2D eigenvalue weighted by Gasteiger charge is 2.03. The Balaban J connectivity index is 1.90. The summed E-state index contributed by atoms with van der Waals surface area (Å²) < 4.78 is 51.4. The minimum Gasteiger partial charge on any atom is -0.491 e. The minimum atomic E-state index is -3.90. The summed E-state index contributed by atoms with van der Waals surface area (Å²) in [6.45, 7) is 5.23. The van der Waals surface area contributed by atoms with Crippen LogP contribution in [0.1, 0.15) is 57.4 Å². The zero-order chi connectivity index (χ0) is 22.6. The summed E-state index contributed by atoms with van der Waals surface area (Å²) in [6.07, 6.45) is 9.29. The maximum atomic E-state index is 10.5. The Morgan fingerprint density at radius 2 is 1.26 bits per heavy atom. The van der Waals surface area contributed by atoms with E-state index in [4.69, 9.17) is 23.5 Å². The van der Waals surface area contributed by atoms with E-state index < -0.39 is 10.1 Å². The van der Waals surface area contributed by atoms with Crippen LogP contribution < -0.4 is 4.74 Å². The first kappa shape index (κ1) is 27.8. The van der Waals surface area contributed by atoms with Gasteiger partial charge in [-0.25, -0.2) is 0 Å². The van der Waals surface area contributed by atoms with E-state index in [0.29, 0.717) is 39.6 Å². The molecule has 0 aliphatic rings. The van der Waals surface area contributed by atoms with Crippen molar-refractivity contribution in [2.45, 2.75) is 58.3 Å². The van der Waals surface area contributed by atoms with Crippen molar-refractivity contribution in [2.75, 3.05) is 52.0 Å². The van der Waals surface area contributed by atoms with Crippen molar-refractivity contribution in [3.8, 4) is 5.75 Å². The molecule has 0 spiro atoms. The molecule has 0 atom stereocenters. The van der Waals surface area contributed by atoms with Crippen molar-refractivity contribution >= 4 is 10.1 Å². The van der Waals surface area contributed by atoms with E-state index >= 15 is 0 Å². The highest BCUT2D eigenvalue weighted by atomic mass is 32.2. The number of hydrogen-bond acceptors (Lipinski definition) is 6. The van der Waals surface area contributed by atoms with E-state index in [9.17, 15) is 8.42 Å². The first-order valence-electron chi connectivity index (χ1n) is 11.4. The molecule has 0 bridgehead atoms. The summed E-state index contributed by atoms with van der Waals surface area (Å²) >= 11 is 0. The fraction of sp³-hybridized carbons (Fsp3) is 0.739. The van der Waals surface area contributed by atoms with Crippen LogP contribution in [0.25, 0.3) is 0 Å². The summed E-state index contributed by atoms with van der Waals surface area (Å²) in [6, 6.07) is 8.32. The van der Waals surface area contributed by atoms with Gasteiger partial charge in [-0.1, -0.05) is 51.2 Å². The molecule has 180 valence electrons. The largest absolute Gasteiger partial charge is 0.491 e. The van der Waals surface area contributed by atoms with Gasteiger partial charge >= 0.3 is 0 Å². The normalized spacial score (nSPS) is 11.7. The molecular weight excluding hydrogens is 420 g/mol. The third-order valence-electron chi connectivity index (χ3n) is 4.67. The van der Waals surface area contributed by atoms with Gasteiger partial charge < -0.3 is 18.9 Å². The molecule has 1 rings (SSSR count). The van der Waals surface area contributed by atoms with Crippen LogP contribution in [0.15, 0.2) is 24.3 Å². The van der Waals surface area contributed by atoms with Crippen LogP contribution in [-0.2, 0) is 30.7 Å². The van der Waals surface area contributed by atoms with E-state index in [1.165, 1.54) is 44.1 Å². The molecule has 0 fully saturated rings. The van der Waals surface area contributed by atoms with Gasteiger partial charge in [-0.3, -0.25) is 4.55 Å². The van der Waals surface area contributed by atoms with Crippen LogP contribution in [0.3, 0.4) is 0 Å². The number of aryl methyl sites for hydroxylation is 1. The average molecular weight is 461 g/mol. The molecule has 0 unspecified atom stereocenters. The smallest absolute Gasteiger partial charge is 0.264 e. The molecule has 7 nitrogen and oxygen atoms in total. The quantitative estimate of drug-likeness (QED) is 0.216. The Morgan fingerprint density at radius 3 is 1.87 bits per heavy atom. The van der Waals surface area contributed by atoms with E-state index in [0.717, 1.165) is 12.2 Å². The zero-order valence-corrected chi connectivity index (χ0v) is 19.7. The minimum absolute atomic E-state index is 0.268. The van der Waals surface area contributed by atoms with Crippen LogP contribution in [0, 0.1) is 0 Å². The Morgan fingerprint density at radius 1 is 0.710 bits per heavy atom. The van der Waals surface area contributed by atoms with Crippen LogP contribution >= 0.6 is 0 Å². The van der Waals surface area contributed by atoms with Crippen molar-refractivity contribution in [3.63, 3.8) is 0 Å². The number of benzene rings is 1. The van der Waals surface area contributed by atoms with Crippen molar-refractivity contribution in [1.29, 1.82) is 0 Å². The lowest BCUT2D eigenvalue weighted by molar-refractivity contribution is 0.00949. The topological polar surface area (TPSA) is 91.3 Å². The van der Waals surface area contributed by atoms with Crippen LogP contribution in [-0.4, -0.2) is 65.0 Å². The second-order valence-electron chi connectivity index (χ2n) is 7.49. The molecule has 8 heteroatoms. The Kier molecular flexibility index (Phi) is 16.5. The fourth-order valence-corrected chi connectivity index (χ4v) is 3.45. The molecule has 31 heavy (non-hydrogen) atoms. The Hall–Kier alpha value is -1.19. The van der Waals surface area contributed by atoms with Gasteiger partial charge in [0, 0.05) is 6.61 Å². The van der Waals surface area contributed by atoms with Gasteiger partial charge in [0.1, 0.15) is 12.4 Å². The van der Waals surface area contributed by atoms with Gasteiger partial charge in [-0.2, -0.15) is 8.42 Å². The molecule has 0 heterocycles. The zero-order valence-electron chi connectivity index (χ0n) is 18.9. The molecule has 0 saturated heterocycles. The highest BCUT2D eigenvalue weighted by Crippen LogP contribution is 2.15. The van der Waals surface area contributed by atoms with Crippen LogP contribution in [0.5, 0.6) is 5.75 Å². The van der Waals surface area contributed by atoms with Crippen LogP contribution in [0.4, 0.5) is 0 Å². The van der Waals surface area contributed by atoms with E-state index in [-0.39, 0.29) is 18.8 Å². The second-order valence-corrected chi connectivity index (χ2v) is 9.06. The average Bonchev–Trinajstić information content (AvgIpc) is 2.74. The number of hydrogen-bond donors (Lipinski definition) is 1. The number of rotatable bonds is 21. The molecule has 0 aromatic heterocycles. The third kappa shape index (κ3) is 18.1. The first-order chi connectivity index (χ1) is 15.0. The molecule has 0 amide bonds. The summed E-state index contributed by atoms with van der Waals surface area (Å²) in [5.41, 5.74) is 1.36.